The van der Waals surface area contributed by atoms with Crippen LogP contribution in [0.5, 0.6) is 0 Å². The number of nitrogens with zero attached hydrogens (tertiary/aromatic N) is 4. The number of aromatic nitrogens is 3. The van der Waals surface area contributed by atoms with Gasteiger partial charge < -0.3 is 10.2 Å². The molecule has 3 heterocycles. The van der Waals surface area contributed by atoms with Crippen molar-refractivity contribution in [3.8, 4) is 11.3 Å². The number of likely N-dealkylation sites (tertiary alicyclic amines) is 1. The van der Waals surface area contributed by atoms with Crippen molar-refractivity contribution in [2.75, 3.05) is 19.6 Å². The Morgan fingerprint density at radius 1 is 1.16 bits per heavy atom. The predicted molar refractivity (Wildman–Crippen MR) is 129 cm³/mol. The third-order valence-electron chi connectivity index (χ3n) is 6.35. The van der Waals surface area contributed by atoms with Gasteiger partial charge in [-0.15, -0.1) is 0 Å². The topological polar surface area (TPSA) is 62.5 Å². The fourth-order valence-corrected chi connectivity index (χ4v) is 4.32. The Bertz CT molecular complexity index is 1070. The first kappa shape index (κ1) is 22.5. The van der Waals surface area contributed by atoms with Gasteiger partial charge in [-0.3, -0.25) is 4.79 Å². The molecule has 0 radical (unpaired) electrons. The molecule has 0 unspecified atom stereocenters. The molecular formula is C26H35N5O. The van der Waals surface area contributed by atoms with E-state index in [1.807, 2.05) is 42.5 Å². The second-order valence-corrected chi connectivity index (χ2v) is 9.93. The Labute approximate surface area is 191 Å². The monoisotopic (exact) mass is 433 g/mol. The van der Waals surface area contributed by atoms with Crippen LogP contribution in [0.3, 0.4) is 0 Å². The van der Waals surface area contributed by atoms with E-state index in [1.165, 1.54) is 25.8 Å². The molecule has 1 atom stereocenters. The predicted octanol–water partition coefficient (Wildman–Crippen LogP) is 4.69. The van der Waals surface area contributed by atoms with Gasteiger partial charge in [0.25, 0.3) is 5.91 Å². The maximum Gasteiger partial charge on any atom is 0.270 e. The molecule has 1 aromatic carbocycles. The Morgan fingerprint density at radius 3 is 2.66 bits per heavy atom. The first-order valence-electron chi connectivity index (χ1n) is 11.8. The minimum absolute atomic E-state index is 0.107. The molecule has 6 nitrogen and oxygen atoms in total. The summed E-state index contributed by atoms with van der Waals surface area (Å²) in [4.78, 5) is 20.5. The Balaban J connectivity index is 1.55. The van der Waals surface area contributed by atoms with Gasteiger partial charge in [0.05, 0.1) is 11.4 Å². The molecular weight excluding hydrogens is 398 g/mol. The maximum atomic E-state index is 13.2. The van der Waals surface area contributed by atoms with Crippen molar-refractivity contribution < 1.29 is 4.79 Å². The molecule has 1 amide bonds. The highest BCUT2D eigenvalue weighted by Crippen LogP contribution is 2.25. The van der Waals surface area contributed by atoms with E-state index >= 15 is 0 Å². The molecule has 6 heteroatoms. The van der Waals surface area contributed by atoms with Gasteiger partial charge in [-0.2, -0.15) is 5.10 Å². The Hall–Kier alpha value is -2.73. The Morgan fingerprint density at radius 2 is 1.94 bits per heavy atom. The van der Waals surface area contributed by atoms with Gasteiger partial charge in [0.15, 0.2) is 5.65 Å². The molecule has 170 valence electrons. The number of nitrogens with one attached hydrogen (secondary N) is 1. The minimum atomic E-state index is -0.126. The molecule has 1 saturated heterocycles. The molecule has 32 heavy (non-hydrogen) atoms. The third-order valence-corrected chi connectivity index (χ3v) is 6.35. The SMILES string of the molecule is C[C@H]1CCCCN1CCCNC(=O)c1cc(-c2ccccc2)nc2cc(C(C)(C)C)nn12. The van der Waals surface area contributed by atoms with Crippen molar-refractivity contribution in [3.05, 3.63) is 53.9 Å². The summed E-state index contributed by atoms with van der Waals surface area (Å²) < 4.78 is 1.69. The number of fused-ring (bicyclic) bond motifs is 1. The van der Waals surface area contributed by atoms with Gasteiger partial charge in [0.2, 0.25) is 0 Å². The molecule has 2 aromatic heterocycles. The summed E-state index contributed by atoms with van der Waals surface area (Å²) in [6.07, 6.45) is 4.83. The summed E-state index contributed by atoms with van der Waals surface area (Å²) >= 11 is 0. The minimum Gasteiger partial charge on any atom is -0.351 e. The smallest absolute Gasteiger partial charge is 0.270 e. The first-order chi connectivity index (χ1) is 15.3. The maximum absolute atomic E-state index is 13.2. The van der Waals surface area contributed by atoms with Gasteiger partial charge >= 0.3 is 0 Å². The number of rotatable bonds is 6. The molecule has 4 rings (SSSR count). The van der Waals surface area contributed by atoms with E-state index in [0.717, 1.165) is 29.9 Å². The zero-order valence-electron chi connectivity index (χ0n) is 19.8. The van der Waals surface area contributed by atoms with Crippen LogP contribution in [0.1, 0.15) is 69.6 Å². The Kier molecular flexibility index (Phi) is 6.60. The van der Waals surface area contributed by atoms with Crippen LogP contribution in [0.25, 0.3) is 16.9 Å². The summed E-state index contributed by atoms with van der Waals surface area (Å²) in [7, 11) is 0. The number of carbonyl (C=O) groups excluding carboxylic acids is 1. The molecule has 0 spiro atoms. The first-order valence-corrected chi connectivity index (χ1v) is 11.8. The lowest BCUT2D eigenvalue weighted by molar-refractivity contribution is 0.0941. The summed E-state index contributed by atoms with van der Waals surface area (Å²) in [5.41, 5.74) is 3.79. The van der Waals surface area contributed by atoms with Crippen molar-refractivity contribution in [3.63, 3.8) is 0 Å². The summed E-state index contributed by atoms with van der Waals surface area (Å²) in [5.74, 6) is -0.107. The van der Waals surface area contributed by atoms with Crippen molar-refractivity contribution in [1.29, 1.82) is 0 Å². The van der Waals surface area contributed by atoms with Crippen LogP contribution >= 0.6 is 0 Å². The second-order valence-electron chi connectivity index (χ2n) is 9.93. The quantitative estimate of drug-likeness (QED) is 0.573. The van der Waals surface area contributed by atoms with Crippen LogP contribution in [0.4, 0.5) is 0 Å². The molecule has 1 N–H and O–H groups in total. The van der Waals surface area contributed by atoms with E-state index in [-0.39, 0.29) is 11.3 Å². The van der Waals surface area contributed by atoms with Crippen LogP contribution in [-0.4, -0.2) is 51.1 Å². The molecule has 0 saturated carbocycles. The van der Waals surface area contributed by atoms with Crippen molar-refractivity contribution in [2.24, 2.45) is 0 Å². The van der Waals surface area contributed by atoms with Crippen molar-refractivity contribution in [2.45, 2.75) is 64.8 Å². The van der Waals surface area contributed by atoms with Gasteiger partial charge in [-0.05, 0) is 38.8 Å². The molecule has 3 aromatic rings. The lowest BCUT2D eigenvalue weighted by atomic mass is 9.93. The van der Waals surface area contributed by atoms with E-state index in [0.29, 0.717) is 23.9 Å². The van der Waals surface area contributed by atoms with Gasteiger partial charge in [-0.1, -0.05) is 57.5 Å². The number of carbonyl (C=O) groups is 1. The van der Waals surface area contributed by atoms with Crippen molar-refractivity contribution in [1.82, 2.24) is 24.8 Å². The number of amides is 1. The fourth-order valence-electron chi connectivity index (χ4n) is 4.32. The highest BCUT2D eigenvalue weighted by Gasteiger charge is 2.22. The summed E-state index contributed by atoms with van der Waals surface area (Å²) in [6.45, 7) is 11.5. The molecule has 1 aliphatic heterocycles. The van der Waals surface area contributed by atoms with Crippen LogP contribution in [-0.2, 0) is 5.41 Å². The van der Waals surface area contributed by atoms with E-state index in [4.69, 9.17) is 10.1 Å². The molecule has 1 aliphatic rings. The van der Waals surface area contributed by atoms with Crippen molar-refractivity contribution >= 4 is 11.6 Å². The lowest BCUT2D eigenvalue weighted by Crippen LogP contribution is -2.39. The lowest BCUT2D eigenvalue weighted by Gasteiger charge is -2.33. The van der Waals surface area contributed by atoms with Crippen LogP contribution < -0.4 is 5.32 Å². The fraction of sp³-hybridized carbons (Fsp3) is 0.500. The zero-order valence-corrected chi connectivity index (χ0v) is 19.8. The molecule has 0 aliphatic carbocycles. The largest absolute Gasteiger partial charge is 0.351 e. The van der Waals surface area contributed by atoms with E-state index in [1.54, 1.807) is 4.52 Å². The summed E-state index contributed by atoms with van der Waals surface area (Å²) in [5, 5.41) is 7.85. The highest BCUT2D eigenvalue weighted by atomic mass is 16.2. The third kappa shape index (κ3) is 5.01. The van der Waals surface area contributed by atoms with Gasteiger partial charge in [0.1, 0.15) is 5.69 Å². The summed E-state index contributed by atoms with van der Waals surface area (Å²) in [6, 6.07) is 14.5. The number of hydrogen-bond donors (Lipinski definition) is 1. The van der Waals surface area contributed by atoms with Crippen LogP contribution in [0.15, 0.2) is 42.5 Å². The average molecular weight is 434 g/mol. The normalized spacial score (nSPS) is 17.6. The second kappa shape index (κ2) is 9.41. The molecule has 0 bridgehead atoms. The number of benzene rings is 1. The van der Waals surface area contributed by atoms with E-state index < -0.39 is 0 Å². The van der Waals surface area contributed by atoms with Gasteiger partial charge in [-0.25, -0.2) is 9.50 Å². The zero-order chi connectivity index (χ0) is 22.7. The average Bonchev–Trinajstić information content (AvgIpc) is 3.22. The van der Waals surface area contributed by atoms with Crippen LogP contribution in [0.2, 0.25) is 0 Å². The van der Waals surface area contributed by atoms with Crippen LogP contribution in [0, 0.1) is 0 Å². The highest BCUT2D eigenvalue weighted by molar-refractivity contribution is 5.94. The number of hydrogen-bond acceptors (Lipinski definition) is 4. The standard InChI is InChI=1S/C26H35N5O/c1-19-11-8-9-15-30(19)16-10-14-27-25(32)22-17-21(20-12-6-5-7-13-20)28-24-18-23(26(2,3)4)29-31(22)24/h5-7,12-13,17-19H,8-11,14-16H2,1-4H3,(H,27,32)/t19-/m0/s1. The van der Waals surface area contributed by atoms with E-state index in [9.17, 15) is 4.79 Å². The van der Waals surface area contributed by atoms with Gasteiger partial charge in [0, 0.05) is 36.2 Å². The number of piperidine rings is 1. The molecule has 1 fully saturated rings. The van der Waals surface area contributed by atoms with E-state index in [2.05, 4.69) is 37.9 Å².